The van der Waals surface area contributed by atoms with E-state index in [1.54, 1.807) is 6.26 Å². The van der Waals surface area contributed by atoms with E-state index in [-0.39, 0.29) is 0 Å². The molecule has 23 heavy (non-hydrogen) atoms. The Morgan fingerprint density at radius 2 is 1.96 bits per heavy atom. The van der Waals surface area contributed by atoms with Gasteiger partial charge in [-0.2, -0.15) is 0 Å². The zero-order valence-electron chi connectivity index (χ0n) is 13.6. The number of nitrogens with two attached hydrogens (primary N) is 1. The molecule has 0 saturated heterocycles. The molecule has 1 amide bonds. The van der Waals surface area contributed by atoms with Gasteiger partial charge in [-0.1, -0.05) is 23.8 Å². The summed E-state index contributed by atoms with van der Waals surface area (Å²) in [4.78, 5) is 11.7. The van der Waals surface area contributed by atoms with Crippen LogP contribution in [0.5, 0.6) is 0 Å². The summed E-state index contributed by atoms with van der Waals surface area (Å²) in [5.41, 5.74) is 11.4. The standard InChI is InChI=1S/C19H20N2O2/c1-12-6-7-16(13(2)9-12)18-10-17(19(20)22)14(3)21(18)11-15-5-4-8-23-15/h4-10H,11H2,1-3H3,(H2,20,22). The second-order valence-electron chi connectivity index (χ2n) is 5.88. The van der Waals surface area contributed by atoms with Crippen molar-refractivity contribution in [1.82, 2.24) is 4.57 Å². The van der Waals surface area contributed by atoms with Crippen LogP contribution in [-0.2, 0) is 6.54 Å². The maximum Gasteiger partial charge on any atom is 0.250 e. The summed E-state index contributed by atoms with van der Waals surface area (Å²) in [6.07, 6.45) is 1.65. The van der Waals surface area contributed by atoms with Crippen molar-refractivity contribution in [2.75, 3.05) is 0 Å². The fourth-order valence-corrected chi connectivity index (χ4v) is 2.98. The van der Waals surface area contributed by atoms with E-state index in [0.717, 1.165) is 22.7 Å². The van der Waals surface area contributed by atoms with E-state index < -0.39 is 5.91 Å². The van der Waals surface area contributed by atoms with Gasteiger partial charge in [-0.15, -0.1) is 0 Å². The van der Waals surface area contributed by atoms with E-state index in [0.29, 0.717) is 12.1 Å². The lowest BCUT2D eigenvalue weighted by Gasteiger charge is -2.13. The van der Waals surface area contributed by atoms with Gasteiger partial charge in [0.05, 0.1) is 18.4 Å². The summed E-state index contributed by atoms with van der Waals surface area (Å²) >= 11 is 0. The lowest BCUT2D eigenvalue weighted by molar-refractivity contribution is 0.0999. The van der Waals surface area contributed by atoms with Crippen molar-refractivity contribution < 1.29 is 9.21 Å². The molecule has 0 atom stereocenters. The molecule has 4 nitrogen and oxygen atoms in total. The molecule has 0 unspecified atom stereocenters. The average molecular weight is 308 g/mol. The molecule has 3 aromatic rings. The maximum atomic E-state index is 11.7. The van der Waals surface area contributed by atoms with Crippen molar-refractivity contribution in [2.24, 2.45) is 5.73 Å². The normalized spacial score (nSPS) is 10.9. The first-order valence-corrected chi connectivity index (χ1v) is 7.57. The number of aryl methyl sites for hydroxylation is 2. The molecule has 0 aliphatic rings. The Morgan fingerprint density at radius 3 is 2.57 bits per heavy atom. The Balaban J connectivity index is 2.18. The van der Waals surface area contributed by atoms with Gasteiger partial charge in [0.1, 0.15) is 5.76 Å². The summed E-state index contributed by atoms with van der Waals surface area (Å²) in [6.45, 7) is 6.62. The number of hydrogen-bond donors (Lipinski definition) is 1. The van der Waals surface area contributed by atoms with Gasteiger partial charge < -0.3 is 14.7 Å². The molecule has 3 rings (SSSR count). The number of furan rings is 1. The first kappa shape index (κ1) is 15.2. The summed E-state index contributed by atoms with van der Waals surface area (Å²) in [5.74, 6) is 0.428. The lowest BCUT2D eigenvalue weighted by Crippen LogP contribution is -2.12. The van der Waals surface area contributed by atoms with E-state index in [4.69, 9.17) is 10.2 Å². The van der Waals surface area contributed by atoms with E-state index in [9.17, 15) is 4.79 Å². The molecule has 2 aromatic heterocycles. The van der Waals surface area contributed by atoms with Crippen LogP contribution in [0.25, 0.3) is 11.3 Å². The third-order valence-electron chi connectivity index (χ3n) is 4.18. The van der Waals surface area contributed by atoms with E-state index in [2.05, 4.69) is 36.6 Å². The number of nitrogens with zero attached hydrogens (tertiary/aromatic N) is 1. The van der Waals surface area contributed by atoms with Gasteiger partial charge in [0.25, 0.3) is 5.91 Å². The van der Waals surface area contributed by atoms with Gasteiger partial charge in [-0.05, 0) is 44.5 Å². The minimum absolute atomic E-state index is 0.410. The molecule has 0 aliphatic heterocycles. The van der Waals surface area contributed by atoms with Gasteiger partial charge in [-0.25, -0.2) is 0 Å². The summed E-state index contributed by atoms with van der Waals surface area (Å²) in [6, 6.07) is 12.0. The van der Waals surface area contributed by atoms with Crippen LogP contribution in [0.1, 0.15) is 32.9 Å². The number of carbonyl (C=O) groups excluding carboxylic acids is 1. The molecular weight excluding hydrogens is 288 g/mol. The number of aromatic nitrogens is 1. The number of amides is 1. The van der Waals surface area contributed by atoms with Crippen molar-refractivity contribution in [1.29, 1.82) is 0 Å². The number of rotatable bonds is 4. The Kier molecular flexibility index (Phi) is 3.82. The summed E-state index contributed by atoms with van der Waals surface area (Å²) in [7, 11) is 0. The molecule has 0 saturated carbocycles. The van der Waals surface area contributed by atoms with Crippen LogP contribution < -0.4 is 5.73 Å². The number of benzene rings is 1. The smallest absolute Gasteiger partial charge is 0.250 e. The summed E-state index contributed by atoms with van der Waals surface area (Å²) in [5, 5.41) is 0. The van der Waals surface area contributed by atoms with Gasteiger partial charge in [0, 0.05) is 17.0 Å². The highest BCUT2D eigenvalue weighted by Gasteiger charge is 2.18. The Morgan fingerprint density at radius 1 is 1.17 bits per heavy atom. The van der Waals surface area contributed by atoms with Gasteiger partial charge >= 0.3 is 0 Å². The van der Waals surface area contributed by atoms with Crippen molar-refractivity contribution in [3.63, 3.8) is 0 Å². The zero-order chi connectivity index (χ0) is 16.6. The van der Waals surface area contributed by atoms with Crippen molar-refractivity contribution in [3.8, 4) is 11.3 Å². The summed E-state index contributed by atoms with van der Waals surface area (Å²) < 4.78 is 7.55. The SMILES string of the molecule is Cc1ccc(-c2cc(C(N)=O)c(C)n2Cc2ccco2)c(C)c1. The Labute approximate surface area is 135 Å². The highest BCUT2D eigenvalue weighted by molar-refractivity contribution is 5.95. The average Bonchev–Trinajstić information content (AvgIpc) is 3.09. The fraction of sp³-hybridized carbons (Fsp3) is 0.211. The monoisotopic (exact) mass is 308 g/mol. The highest BCUT2D eigenvalue weighted by atomic mass is 16.3. The van der Waals surface area contributed by atoms with Crippen LogP contribution in [0.2, 0.25) is 0 Å². The predicted molar refractivity (Wildman–Crippen MR) is 90.4 cm³/mol. The molecule has 1 aromatic carbocycles. The van der Waals surface area contributed by atoms with Crippen LogP contribution >= 0.6 is 0 Å². The molecule has 4 heteroatoms. The van der Waals surface area contributed by atoms with Crippen molar-refractivity contribution >= 4 is 5.91 Å². The zero-order valence-corrected chi connectivity index (χ0v) is 13.6. The van der Waals surface area contributed by atoms with Crippen molar-refractivity contribution in [3.05, 3.63) is 70.8 Å². The second kappa shape index (κ2) is 5.80. The van der Waals surface area contributed by atoms with E-state index in [1.165, 1.54) is 11.1 Å². The van der Waals surface area contributed by atoms with Gasteiger partial charge in [0.2, 0.25) is 0 Å². The molecule has 0 aliphatic carbocycles. The molecule has 0 fully saturated rings. The van der Waals surface area contributed by atoms with E-state index >= 15 is 0 Å². The Hall–Kier alpha value is -2.75. The topological polar surface area (TPSA) is 61.2 Å². The first-order valence-electron chi connectivity index (χ1n) is 7.57. The van der Waals surface area contributed by atoms with Crippen LogP contribution in [0.4, 0.5) is 0 Å². The van der Waals surface area contributed by atoms with Crippen LogP contribution in [-0.4, -0.2) is 10.5 Å². The van der Waals surface area contributed by atoms with Gasteiger partial charge in [0.15, 0.2) is 0 Å². The third kappa shape index (κ3) is 2.80. The molecular formula is C19H20N2O2. The largest absolute Gasteiger partial charge is 0.467 e. The predicted octanol–water partition coefficient (Wildman–Crippen LogP) is 3.82. The van der Waals surface area contributed by atoms with Gasteiger partial charge in [-0.3, -0.25) is 4.79 Å². The molecule has 0 radical (unpaired) electrons. The molecule has 2 heterocycles. The molecule has 0 bridgehead atoms. The number of carbonyl (C=O) groups is 1. The van der Waals surface area contributed by atoms with E-state index in [1.807, 2.05) is 25.1 Å². The number of hydrogen-bond acceptors (Lipinski definition) is 2. The van der Waals surface area contributed by atoms with Crippen LogP contribution in [0, 0.1) is 20.8 Å². The fourth-order valence-electron chi connectivity index (χ4n) is 2.98. The quantitative estimate of drug-likeness (QED) is 0.796. The third-order valence-corrected chi connectivity index (χ3v) is 4.18. The first-order chi connectivity index (χ1) is 11.0. The van der Waals surface area contributed by atoms with Crippen LogP contribution in [0.15, 0.2) is 47.1 Å². The Bertz CT molecular complexity index is 858. The minimum Gasteiger partial charge on any atom is -0.467 e. The van der Waals surface area contributed by atoms with Crippen molar-refractivity contribution in [2.45, 2.75) is 27.3 Å². The molecule has 2 N–H and O–H groups in total. The second-order valence-corrected chi connectivity index (χ2v) is 5.88. The molecule has 118 valence electrons. The maximum absolute atomic E-state index is 11.7. The number of primary amides is 1. The minimum atomic E-state index is -0.410. The lowest BCUT2D eigenvalue weighted by atomic mass is 10.0. The molecule has 0 spiro atoms. The van der Waals surface area contributed by atoms with Crippen LogP contribution in [0.3, 0.4) is 0 Å². The highest BCUT2D eigenvalue weighted by Crippen LogP contribution is 2.30.